The number of hydrogen-bond acceptors (Lipinski definition) is 2. The van der Waals surface area contributed by atoms with E-state index in [2.05, 4.69) is 64.2 Å². The average Bonchev–Trinajstić information content (AvgIpc) is 3.48. The van der Waals surface area contributed by atoms with Crippen LogP contribution in [0.1, 0.15) is 112 Å². The number of aldehydes is 1. The zero-order chi connectivity index (χ0) is 21.8. The number of carbonyl (C=O) groups is 1. The molecule has 1 aliphatic rings. The summed E-state index contributed by atoms with van der Waals surface area (Å²) in [7, 11) is 1.99. The van der Waals surface area contributed by atoms with Crippen molar-refractivity contribution >= 4 is 12.0 Å². The van der Waals surface area contributed by atoms with E-state index in [1.54, 1.807) is 0 Å². The molecule has 1 N–H and O–H groups in total. The minimum atomic E-state index is 0.255. The average molecular weight is 392 g/mol. The van der Waals surface area contributed by atoms with Gasteiger partial charge in [-0.1, -0.05) is 105 Å². The Labute approximate surface area is 176 Å². The molecule has 1 aromatic carbocycles. The third-order valence-corrected chi connectivity index (χ3v) is 4.93. The van der Waals surface area contributed by atoms with Crippen LogP contribution in [0.4, 0.5) is 5.69 Å². The molecule has 0 radical (unpaired) electrons. The first-order valence-corrected chi connectivity index (χ1v) is 11.6. The molecule has 1 fully saturated rings. The third kappa shape index (κ3) is 14.7. The number of anilines is 1. The van der Waals surface area contributed by atoms with Crippen LogP contribution in [0, 0.1) is 5.92 Å². The lowest BCUT2D eigenvalue weighted by atomic mass is 9.96. The highest BCUT2D eigenvalue weighted by Crippen LogP contribution is 2.49. The lowest BCUT2D eigenvalue weighted by molar-refractivity contribution is -0.110. The smallest absolute Gasteiger partial charge is 0.122 e. The molecular formula is C26H49NO. The van der Waals surface area contributed by atoms with Crippen LogP contribution in [0.3, 0.4) is 0 Å². The second kappa shape index (κ2) is 19.0. The van der Waals surface area contributed by atoms with E-state index in [0.717, 1.165) is 12.7 Å². The lowest BCUT2D eigenvalue weighted by Crippen LogP contribution is -2.04. The van der Waals surface area contributed by atoms with Gasteiger partial charge in [0.1, 0.15) is 6.29 Å². The molecule has 0 aliphatic heterocycles. The molecule has 0 saturated heterocycles. The largest absolute Gasteiger partial charge is 0.388 e. The van der Waals surface area contributed by atoms with Gasteiger partial charge in [-0.25, -0.2) is 0 Å². The van der Waals surface area contributed by atoms with Crippen molar-refractivity contribution in [2.24, 2.45) is 5.92 Å². The number of carbonyl (C=O) groups excluding carboxylic acids is 1. The highest BCUT2D eigenvalue weighted by atomic mass is 16.1. The predicted octanol–water partition coefficient (Wildman–Crippen LogP) is 8.40. The second-order valence-corrected chi connectivity index (χ2v) is 8.15. The molecule has 0 heterocycles. The molecule has 0 aromatic heterocycles. The maximum Gasteiger partial charge on any atom is 0.122 e. The Morgan fingerprint density at radius 2 is 1.50 bits per heavy atom. The van der Waals surface area contributed by atoms with Crippen LogP contribution in [0.25, 0.3) is 0 Å². The standard InChI is InChI=1S/C11H15N.C7H16.C5H10O.C3H8/c1-11(7-8-11)9-5-3-4-6-10(9)12-2;1-3-5-7-6-4-2;1-3-5(2)4-6;1-3-2/h3-6,12H,7-8H2,1-2H3;3-7H2,1-2H3;4-5H,3H2,1-2H3;3H2,1-2H3. The van der Waals surface area contributed by atoms with Gasteiger partial charge in [0, 0.05) is 18.7 Å². The molecule has 28 heavy (non-hydrogen) atoms. The summed E-state index contributed by atoms with van der Waals surface area (Å²) >= 11 is 0. The van der Waals surface area contributed by atoms with Gasteiger partial charge in [0.2, 0.25) is 0 Å². The van der Waals surface area contributed by atoms with Crippen molar-refractivity contribution in [3.8, 4) is 0 Å². The van der Waals surface area contributed by atoms with Gasteiger partial charge in [0.05, 0.1) is 0 Å². The van der Waals surface area contributed by atoms with E-state index in [4.69, 9.17) is 0 Å². The van der Waals surface area contributed by atoms with Gasteiger partial charge in [0.25, 0.3) is 0 Å². The minimum absolute atomic E-state index is 0.255. The number of para-hydroxylation sites is 1. The second-order valence-electron chi connectivity index (χ2n) is 8.15. The van der Waals surface area contributed by atoms with E-state index in [1.165, 1.54) is 62.6 Å². The molecule has 1 aliphatic carbocycles. The van der Waals surface area contributed by atoms with Crippen LogP contribution in [0.5, 0.6) is 0 Å². The molecule has 1 unspecified atom stereocenters. The molecule has 2 nitrogen and oxygen atoms in total. The first-order valence-electron chi connectivity index (χ1n) is 11.6. The molecule has 2 rings (SSSR count). The highest BCUT2D eigenvalue weighted by Gasteiger charge is 2.40. The number of unbranched alkanes of at least 4 members (excludes halogenated alkanes) is 4. The third-order valence-electron chi connectivity index (χ3n) is 4.93. The number of nitrogens with one attached hydrogen (secondary N) is 1. The zero-order valence-electron chi connectivity index (χ0n) is 20.2. The lowest BCUT2D eigenvalue weighted by Gasteiger charge is -2.13. The fourth-order valence-electron chi connectivity index (χ4n) is 2.46. The van der Waals surface area contributed by atoms with Crippen molar-refractivity contribution in [2.45, 2.75) is 112 Å². The van der Waals surface area contributed by atoms with Crippen LogP contribution in [0.15, 0.2) is 24.3 Å². The summed E-state index contributed by atoms with van der Waals surface area (Å²) in [6, 6.07) is 8.60. The van der Waals surface area contributed by atoms with Crippen LogP contribution >= 0.6 is 0 Å². The Kier molecular flexibility index (Phi) is 19.6. The van der Waals surface area contributed by atoms with E-state index >= 15 is 0 Å². The van der Waals surface area contributed by atoms with Gasteiger partial charge in [0.15, 0.2) is 0 Å². The summed E-state index contributed by atoms with van der Waals surface area (Å²) in [5.41, 5.74) is 3.24. The summed E-state index contributed by atoms with van der Waals surface area (Å²) in [5.74, 6) is 0.255. The molecule has 0 bridgehead atoms. The molecule has 2 heteroatoms. The predicted molar refractivity (Wildman–Crippen MR) is 128 cm³/mol. The summed E-state index contributed by atoms with van der Waals surface area (Å²) < 4.78 is 0. The number of benzene rings is 1. The van der Waals surface area contributed by atoms with Gasteiger partial charge in [-0.15, -0.1) is 0 Å². The van der Waals surface area contributed by atoms with Crippen LogP contribution in [-0.4, -0.2) is 13.3 Å². The molecule has 0 spiro atoms. The van der Waals surface area contributed by atoms with Gasteiger partial charge in [-0.3, -0.25) is 0 Å². The number of hydrogen-bond donors (Lipinski definition) is 1. The summed E-state index contributed by atoms with van der Waals surface area (Å²) in [4.78, 5) is 9.74. The van der Waals surface area contributed by atoms with Crippen molar-refractivity contribution in [2.75, 3.05) is 12.4 Å². The van der Waals surface area contributed by atoms with Crippen molar-refractivity contribution in [1.82, 2.24) is 0 Å². The topological polar surface area (TPSA) is 29.1 Å². The molecule has 164 valence electrons. The van der Waals surface area contributed by atoms with Crippen molar-refractivity contribution in [3.63, 3.8) is 0 Å². The van der Waals surface area contributed by atoms with Crippen molar-refractivity contribution in [1.29, 1.82) is 0 Å². The minimum Gasteiger partial charge on any atom is -0.388 e. The number of rotatable bonds is 8. The summed E-state index contributed by atoms with van der Waals surface area (Å²) in [5, 5.41) is 3.24. The molecule has 1 atom stereocenters. The molecule has 1 saturated carbocycles. The fraction of sp³-hybridized carbons (Fsp3) is 0.731. The maximum atomic E-state index is 9.74. The quantitative estimate of drug-likeness (QED) is 0.356. The zero-order valence-corrected chi connectivity index (χ0v) is 20.2. The van der Waals surface area contributed by atoms with E-state index in [9.17, 15) is 4.79 Å². The first kappa shape index (κ1) is 28.9. The monoisotopic (exact) mass is 391 g/mol. The van der Waals surface area contributed by atoms with Crippen LogP contribution in [-0.2, 0) is 10.2 Å². The normalized spacial score (nSPS) is 14.0. The van der Waals surface area contributed by atoms with Gasteiger partial charge >= 0.3 is 0 Å². The van der Waals surface area contributed by atoms with Crippen LogP contribution < -0.4 is 5.32 Å². The van der Waals surface area contributed by atoms with Gasteiger partial charge < -0.3 is 10.1 Å². The Balaban J connectivity index is 0. The maximum absolute atomic E-state index is 9.74. The van der Waals surface area contributed by atoms with Crippen molar-refractivity contribution in [3.05, 3.63) is 29.8 Å². The van der Waals surface area contributed by atoms with E-state index in [0.29, 0.717) is 5.41 Å². The van der Waals surface area contributed by atoms with E-state index < -0.39 is 0 Å². The van der Waals surface area contributed by atoms with E-state index in [1.807, 2.05) is 20.9 Å². The highest BCUT2D eigenvalue weighted by molar-refractivity contribution is 5.55. The molecular weight excluding hydrogens is 342 g/mol. The Bertz CT molecular complexity index is 461. The SMILES string of the molecule is CCC.CCC(C)C=O.CCCCCCC.CNc1ccccc1C1(C)CC1. The molecule has 1 aromatic rings. The summed E-state index contributed by atoms with van der Waals surface area (Å²) in [6.45, 7) is 15.0. The molecule has 0 amide bonds. The van der Waals surface area contributed by atoms with Gasteiger partial charge in [-0.2, -0.15) is 0 Å². The van der Waals surface area contributed by atoms with Crippen molar-refractivity contribution < 1.29 is 4.79 Å². The van der Waals surface area contributed by atoms with Gasteiger partial charge in [-0.05, 0) is 36.3 Å². The Morgan fingerprint density at radius 3 is 1.82 bits per heavy atom. The Morgan fingerprint density at radius 1 is 1.00 bits per heavy atom. The first-order chi connectivity index (χ1) is 13.4. The van der Waals surface area contributed by atoms with E-state index in [-0.39, 0.29) is 5.92 Å². The fourth-order valence-corrected chi connectivity index (χ4v) is 2.46. The van der Waals surface area contributed by atoms with Crippen LogP contribution in [0.2, 0.25) is 0 Å². The summed E-state index contributed by atoms with van der Waals surface area (Å²) in [6.07, 6.45) is 12.9. The Hall–Kier alpha value is -1.31.